The fourth-order valence-corrected chi connectivity index (χ4v) is 2.61. The molecule has 0 aromatic rings. The van der Waals surface area contributed by atoms with E-state index in [1.807, 2.05) is 20.1 Å². The first kappa shape index (κ1) is 19.2. The second-order valence-electron chi connectivity index (χ2n) is 5.58. The number of aliphatic hydroxyl groups excluding tert-OH is 2. The van der Waals surface area contributed by atoms with Crippen molar-refractivity contribution in [2.24, 2.45) is 5.92 Å². The summed E-state index contributed by atoms with van der Waals surface area (Å²) in [6, 6.07) is 0.169. The zero-order chi connectivity index (χ0) is 14.8. The van der Waals surface area contributed by atoms with Crippen molar-refractivity contribution in [2.45, 2.75) is 57.6 Å². The second kappa shape index (κ2) is 10.9. The quantitative estimate of drug-likeness (QED) is 0.539. The average Bonchev–Trinajstić information content (AvgIpc) is 2.34. The highest BCUT2D eigenvalue weighted by molar-refractivity contribution is 7.99. The van der Waals surface area contributed by atoms with Gasteiger partial charge in [0.05, 0.1) is 25.4 Å². The number of aliphatic hydroxyl groups is 2. The summed E-state index contributed by atoms with van der Waals surface area (Å²) in [5.41, 5.74) is 0. The molecule has 0 aromatic carbocycles. The second-order valence-corrected chi connectivity index (χ2v) is 6.66. The van der Waals surface area contributed by atoms with E-state index < -0.39 is 6.10 Å². The Balaban J connectivity index is 3.77. The fourth-order valence-electron chi connectivity index (χ4n) is 1.96. The molecule has 5 heteroatoms. The van der Waals surface area contributed by atoms with E-state index in [-0.39, 0.29) is 24.0 Å². The van der Waals surface area contributed by atoms with Gasteiger partial charge in [0.1, 0.15) is 0 Å². The van der Waals surface area contributed by atoms with Gasteiger partial charge in [-0.1, -0.05) is 13.8 Å². The largest absolute Gasteiger partial charge is 0.395 e. The van der Waals surface area contributed by atoms with Gasteiger partial charge in [-0.05, 0) is 32.4 Å². The summed E-state index contributed by atoms with van der Waals surface area (Å²) in [5.74, 6) is 0.609. The van der Waals surface area contributed by atoms with Crippen LogP contribution in [-0.2, 0) is 4.74 Å². The van der Waals surface area contributed by atoms with E-state index in [9.17, 15) is 10.2 Å². The van der Waals surface area contributed by atoms with E-state index in [4.69, 9.17) is 4.74 Å². The lowest BCUT2D eigenvalue weighted by Crippen LogP contribution is -2.42. The van der Waals surface area contributed by atoms with Crippen LogP contribution >= 0.6 is 11.8 Å². The summed E-state index contributed by atoms with van der Waals surface area (Å²) >= 11 is 1.63. The Morgan fingerprint density at radius 2 is 1.84 bits per heavy atom. The van der Waals surface area contributed by atoms with Gasteiger partial charge >= 0.3 is 0 Å². The van der Waals surface area contributed by atoms with Gasteiger partial charge in [0.2, 0.25) is 0 Å². The maximum absolute atomic E-state index is 9.85. The maximum Gasteiger partial charge on any atom is 0.0897 e. The lowest BCUT2D eigenvalue weighted by atomic mass is 10.1. The van der Waals surface area contributed by atoms with Crippen LogP contribution in [0, 0.1) is 5.92 Å². The predicted octanol–water partition coefficient (Wildman–Crippen LogP) is 1.50. The van der Waals surface area contributed by atoms with E-state index in [1.165, 1.54) is 0 Å². The Hall–Kier alpha value is 0.190. The minimum absolute atomic E-state index is 0.146. The molecule has 0 rings (SSSR count). The Kier molecular flexibility index (Phi) is 11.0. The molecule has 0 aliphatic carbocycles. The maximum atomic E-state index is 9.85. The zero-order valence-corrected chi connectivity index (χ0v) is 13.7. The van der Waals surface area contributed by atoms with Crippen molar-refractivity contribution in [1.82, 2.24) is 5.32 Å². The number of hydrogen-bond acceptors (Lipinski definition) is 5. The molecule has 0 aliphatic heterocycles. The van der Waals surface area contributed by atoms with E-state index in [1.54, 1.807) is 11.8 Å². The molecule has 3 N–H and O–H groups in total. The number of thioether (sulfide) groups is 1. The van der Waals surface area contributed by atoms with Crippen LogP contribution in [0.25, 0.3) is 0 Å². The predicted molar refractivity (Wildman–Crippen MR) is 82.7 cm³/mol. The molecule has 0 aromatic heterocycles. The van der Waals surface area contributed by atoms with Crippen LogP contribution in [0.2, 0.25) is 0 Å². The van der Waals surface area contributed by atoms with Gasteiger partial charge in [-0.2, -0.15) is 11.8 Å². The van der Waals surface area contributed by atoms with Crippen molar-refractivity contribution in [3.63, 3.8) is 0 Å². The van der Waals surface area contributed by atoms with Crippen LogP contribution in [0.4, 0.5) is 0 Å². The smallest absolute Gasteiger partial charge is 0.0897 e. The molecule has 4 unspecified atom stereocenters. The summed E-state index contributed by atoms with van der Waals surface area (Å²) in [6.45, 7) is 9.38. The van der Waals surface area contributed by atoms with Crippen molar-refractivity contribution in [3.8, 4) is 0 Å². The first-order valence-corrected chi connectivity index (χ1v) is 8.36. The van der Waals surface area contributed by atoms with Crippen LogP contribution in [0.5, 0.6) is 0 Å². The molecule has 0 saturated heterocycles. The molecule has 0 fully saturated rings. The van der Waals surface area contributed by atoms with Gasteiger partial charge in [0, 0.05) is 17.8 Å². The Bertz CT molecular complexity index is 213. The standard InChI is InChI=1S/C14H31NO3S/c1-10(2)6-11(3)18-9-13(17)7-15-12(4)14(8-16)19-5/h10-17H,6-9H2,1-5H3. The zero-order valence-electron chi connectivity index (χ0n) is 12.9. The molecule has 0 heterocycles. The monoisotopic (exact) mass is 293 g/mol. The topological polar surface area (TPSA) is 61.7 Å². The first-order chi connectivity index (χ1) is 8.90. The highest BCUT2D eigenvalue weighted by Crippen LogP contribution is 2.10. The van der Waals surface area contributed by atoms with Crippen LogP contribution in [-0.4, -0.2) is 59.7 Å². The number of ether oxygens (including phenoxy) is 1. The molecule has 0 bridgehead atoms. The minimum atomic E-state index is -0.502. The summed E-state index contributed by atoms with van der Waals surface area (Å²) in [6.07, 6.45) is 2.67. The van der Waals surface area contributed by atoms with Gasteiger partial charge in [-0.15, -0.1) is 0 Å². The summed E-state index contributed by atoms with van der Waals surface area (Å²) in [5, 5.41) is 22.4. The van der Waals surface area contributed by atoms with E-state index in [2.05, 4.69) is 19.2 Å². The van der Waals surface area contributed by atoms with E-state index in [0.717, 1.165) is 6.42 Å². The van der Waals surface area contributed by atoms with E-state index >= 15 is 0 Å². The minimum Gasteiger partial charge on any atom is -0.395 e. The SMILES string of the molecule is CSC(CO)C(C)NCC(O)COC(C)CC(C)C. The van der Waals surface area contributed by atoms with Gasteiger partial charge < -0.3 is 20.3 Å². The van der Waals surface area contributed by atoms with Crippen LogP contribution in [0.3, 0.4) is 0 Å². The lowest BCUT2D eigenvalue weighted by molar-refractivity contribution is -0.00922. The molecule has 4 nitrogen and oxygen atoms in total. The molecule has 0 radical (unpaired) electrons. The number of hydrogen-bond donors (Lipinski definition) is 3. The van der Waals surface area contributed by atoms with Crippen molar-refractivity contribution in [2.75, 3.05) is 26.0 Å². The average molecular weight is 293 g/mol. The third kappa shape index (κ3) is 9.68. The molecular formula is C14H31NO3S. The Morgan fingerprint density at radius 1 is 1.21 bits per heavy atom. The van der Waals surface area contributed by atoms with Gasteiger partial charge in [0.25, 0.3) is 0 Å². The highest BCUT2D eigenvalue weighted by atomic mass is 32.2. The molecule has 0 saturated carbocycles. The van der Waals surface area contributed by atoms with Gasteiger partial charge in [-0.25, -0.2) is 0 Å². The van der Waals surface area contributed by atoms with E-state index in [0.29, 0.717) is 19.1 Å². The molecule has 0 aliphatic rings. The normalized spacial score (nSPS) is 18.3. The highest BCUT2D eigenvalue weighted by Gasteiger charge is 2.16. The Labute approximate surface area is 122 Å². The lowest BCUT2D eigenvalue weighted by Gasteiger charge is -2.23. The molecule has 0 spiro atoms. The van der Waals surface area contributed by atoms with Crippen molar-refractivity contribution in [1.29, 1.82) is 0 Å². The van der Waals surface area contributed by atoms with Crippen molar-refractivity contribution in [3.05, 3.63) is 0 Å². The Morgan fingerprint density at radius 3 is 2.32 bits per heavy atom. The molecule has 19 heavy (non-hydrogen) atoms. The van der Waals surface area contributed by atoms with Gasteiger partial charge in [-0.3, -0.25) is 0 Å². The van der Waals surface area contributed by atoms with Gasteiger partial charge in [0.15, 0.2) is 0 Å². The van der Waals surface area contributed by atoms with Crippen molar-refractivity contribution >= 4 is 11.8 Å². The number of nitrogens with one attached hydrogen (secondary N) is 1. The van der Waals surface area contributed by atoms with Crippen LogP contribution < -0.4 is 5.32 Å². The van der Waals surface area contributed by atoms with Crippen LogP contribution in [0.15, 0.2) is 0 Å². The number of rotatable bonds is 11. The van der Waals surface area contributed by atoms with Crippen LogP contribution in [0.1, 0.15) is 34.1 Å². The molecular weight excluding hydrogens is 262 g/mol. The fraction of sp³-hybridized carbons (Fsp3) is 1.00. The first-order valence-electron chi connectivity index (χ1n) is 7.07. The molecule has 116 valence electrons. The third-order valence-electron chi connectivity index (χ3n) is 3.09. The summed E-state index contributed by atoms with van der Waals surface area (Å²) < 4.78 is 5.62. The molecule has 0 amide bonds. The molecule has 4 atom stereocenters. The summed E-state index contributed by atoms with van der Waals surface area (Å²) in [4.78, 5) is 0. The summed E-state index contributed by atoms with van der Waals surface area (Å²) in [7, 11) is 0. The third-order valence-corrected chi connectivity index (χ3v) is 4.26. The van der Waals surface area contributed by atoms with Crippen molar-refractivity contribution < 1.29 is 14.9 Å².